The van der Waals surface area contributed by atoms with Gasteiger partial charge in [0.15, 0.2) is 0 Å². The fourth-order valence-electron chi connectivity index (χ4n) is 5.04. The Morgan fingerprint density at radius 2 is 2.00 bits per heavy atom. The molecule has 3 atom stereocenters. The van der Waals surface area contributed by atoms with Crippen molar-refractivity contribution in [2.75, 3.05) is 11.1 Å². The van der Waals surface area contributed by atoms with Crippen LogP contribution < -0.4 is 5.32 Å². The van der Waals surface area contributed by atoms with E-state index in [1.807, 2.05) is 19.9 Å². The van der Waals surface area contributed by atoms with Gasteiger partial charge in [-0.1, -0.05) is 13.8 Å². The maximum absolute atomic E-state index is 12.8. The molecule has 27 heavy (non-hydrogen) atoms. The van der Waals surface area contributed by atoms with Crippen molar-refractivity contribution in [1.82, 2.24) is 0 Å². The third kappa shape index (κ3) is 3.76. The minimum atomic E-state index is -4.08. The largest absolute Gasteiger partial charge is 0.382 e. The molecule has 2 saturated carbocycles. The van der Waals surface area contributed by atoms with Gasteiger partial charge in [0, 0.05) is 18.2 Å². The lowest BCUT2D eigenvalue weighted by Gasteiger charge is -2.35. The van der Waals surface area contributed by atoms with Crippen LogP contribution in [0.1, 0.15) is 52.0 Å². The van der Waals surface area contributed by atoms with E-state index in [0.29, 0.717) is 18.9 Å². The predicted molar refractivity (Wildman–Crippen MR) is 103 cm³/mol. The highest BCUT2D eigenvalue weighted by Gasteiger charge is 2.65. The third-order valence-corrected chi connectivity index (χ3v) is 7.74. The molecule has 2 bridgehead atoms. The van der Waals surface area contributed by atoms with Gasteiger partial charge in [-0.2, -0.15) is 8.42 Å². The van der Waals surface area contributed by atoms with Crippen LogP contribution in [0.3, 0.4) is 0 Å². The molecule has 0 amide bonds. The molecule has 0 aromatic heterocycles. The normalized spacial score (nSPS) is 30.9. The highest BCUT2D eigenvalue weighted by molar-refractivity contribution is 7.85. The topological polar surface area (TPSA) is 83.5 Å². The summed E-state index contributed by atoms with van der Waals surface area (Å²) in [4.78, 5) is 11.9. The Bertz CT molecular complexity index is 852. The number of rotatable bonds is 2. The van der Waals surface area contributed by atoms with Crippen molar-refractivity contribution < 1.29 is 22.2 Å². The fraction of sp³-hybridized carbons (Fsp3) is 0.650. The molecule has 3 unspecified atom stereocenters. The van der Waals surface area contributed by atoms with Crippen LogP contribution in [0.5, 0.6) is 0 Å². The van der Waals surface area contributed by atoms with Crippen LogP contribution in [0.15, 0.2) is 18.2 Å². The van der Waals surface area contributed by atoms with Gasteiger partial charge in [0.05, 0.1) is 11.2 Å². The van der Waals surface area contributed by atoms with Crippen LogP contribution in [-0.4, -0.2) is 30.5 Å². The molecule has 2 fully saturated rings. The third-order valence-electron chi connectivity index (χ3n) is 6.88. The smallest absolute Gasteiger partial charge is 0.265 e. The molecule has 1 aliphatic heterocycles. The average molecular weight is 398 g/mol. The number of benzene rings is 1. The summed E-state index contributed by atoms with van der Waals surface area (Å²) in [6.45, 7) is 6.04. The Morgan fingerprint density at radius 3 is 2.56 bits per heavy atom. The van der Waals surface area contributed by atoms with Gasteiger partial charge in [-0.05, 0) is 67.7 Å². The summed E-state index contributed by atoms with van der Waals surface area (Å²) in [5.41, 5.74) is 1.08. The van der Waals surface area contributed by atoms with Gasteiger partial charge in [-0.3, -0.25) is 9.35 Å². The van der Waals surface area contributed by atoms with Crippen molar-refractivity contribution in [2.24, 2.45) is 16.7 Å². The van der Waals surface area contributed by atoms with E-state index in [-0.39, 0.29) is 22.9 Å². The van der Waals surface area contributed by atoms with Gasteiger partial charge in [0.1, 0.15) is 11.6 Å². The van der Waals surface area contributed by atoms with Crippen LogP contribution in [0.2, 0.25) is 0 Å². The second-order valence-electron chi connectivity index (χ2n) is 8.78. The number of hydrogen-bond acceptors (Lipinski definition) is 4. The first-order valence-corrected chi connectivity index (χ1v) is 11.1. The van der Waals surface area contributed by atoms with Gasteiger partial charge in [0.2, 0.25) is 0 Å². The molecular weight excluding hydrogens is 369 g/mol. The number of ketones is 1. The Hall–Kier alpha value is -1.47. The van der Waals surface area contributed by atoms with E-state index in [1.54, 1.807) is 6.07 Å². The SMILES string of the molecule is CC1(C)C2CCC1(CS(=O)(=O)O)C(=O)C2.CC1CCc2cc(F)ccc2N1. The molecule has 3 aliphatic rings. The summed E-state index contributed by atoms with van der Waals surface area (Å²) in [5.74, 6) is -0.235. The first-order valence-electron chi connectivity index (χ1n) is 9.48. The highest BCUT2D eigenvalue weighted by atomic mass is 32.2. The van der Waals surface area contributed by atoms with Gasteiger partial charge >= 0.3 is 0 Å². The fourth-order valence-corrected chi connectivity index (χ4v) is 6.34. The van der Waals surface area contributed by atoms with E-state index in [2.05, 4.69) is 12.2 Å². The number of halogens is 1. The molecule has 7 heteroatoms. The molecule has 1 heterocycles. The van der Waals surface area contributed by atoms with Crippen molar-refractivity contribution >= 4 is 21.6 Å². The molecule has 2 aliphatic carbocycles. The van der Waals surface area contributed by atoms with Crippen LogP contribution in [0.4, 0.5) is 10.1 Å². The Morgan fingerprint density at radius 1 is 1.30 bits per heavy atom. The molecule has 2 N–H and O–H groups in total. The van der Waals surface area contributed by atoms with E-state index < -0.39 is 21.3 Å². The van der Waals surface area contributed by atoms with Crippen molar-refractivity contribution in [3.63, 3.8) is 0 Å². The monoisotopic (exact) mass is 397 g/mol. The molecule has 0 spiro atoms. The number of Topliss-reactive ketones (excluding diaryl/α,β-unsaturated/α-hetero) is 1. The van der Waals surface area contributed by atoms with E-state index in [9.17, 15) is 17.6 Å². The Labute approximate surface area is 160 Å². The zero-order valence-electron chi connectivity index (χ0n) is 16.1. The first kappa shape index (κ1) is 20.3. The van der Waals surface area contributed by atoms with Crippen LogP contribution >= 0.6 is 0 Å². The second-order valence-corrected chi connectivity index (χ2v) is 10.2. The number of hydrogen-bond donors (Lipinski definition) is 2. The molecule has 4 rings (SSSR count). The van der Waals surface area contributed by atoms with Crippen LogP contribution in [0, 0.1) is 22.6 Å². The number of fused-ring (bicyclic) bond motifs is 3. The summed E-state index contributed by atoms with van der Waals surface area (Å²) < 4.78 is 43.7. The lowest BCUT2D eigenvalue weighted by molar-refractivity contribution is -0.128. The summed E-state index contributed by atoms with van der Waals surface area (Å²) in [5, 5.41) is 3.32. The quantitative estimate of drug-likeness (QED) is 0.741. The standard InChI is InChI=1S/C10H12FN.C10H16O4S/c1-7-2-3-8-6-9(11)4-5-10(8)12-7;1-9(2)7-3-4-10(9,8(11)5-7)6-15(12,13)14/h4-7,12H,2-3H2,1H3;7H,3-6H2,1-2H3,(H,12,13,14). The lowest BCUT2D eigenvalue weighted by atomic mass is 9.70. The maximum Gasteiger partial charge on any atom is 0.265 e. The van der Waals surface area contributed by atoms with Crippen molar-refractivity contribution in [3.8, 4) is 0 Å². The van der Waals surface area contributed by atoms with Gasteiger partial charge in [-0.25, -0.2) is 4.39 Å². The molecule has 1 aromatic rings. The van der Waals surface area contributed by atoms with E-state index in [4.69, 9.17) is 4.55 Å². The number of carbonyl (C=O) groups is 1. The lowest BCUT2D eigenvalue weighted by Crippen LogP contribution is -2.42. The van der Waals surface area contributed by atoms with Crippen LogP contribution in [-0.2, 0) is 21.3 Å². The summed E-state index contributed by atoms with van der Waals surface area (Å²) >= 11 is 0. The van der Waals surface area contributed by atoms with Gasteiger partial charge in [0.25, 0.3) is 10.1 Å². The number of nitrogens with one attached hydrogen (secondary N) is 1. The zero-order valence-corrected chi connectivity index (χ0v) is 16.9. The number of carbonyl (C=O) groups excluding carboxylic acids is 1. The molecule has 0 radical (unpaired) electrons. The summed E-state index contributed by atoms with van der Waals surface area (Å²) in [6, 6.07) is 5.46. The maximum atomic E-state index is 12.8. The second kappa shape index (κ2) is 6.85. The Balaban J connectivity index is 0.000000159. The van der Waals surface area contributed by atoms with Gasteiger partial charge < -0.3 is 5.32 Å². The predicted octanol–water partition coefficient (Wildman–Crippen LogP) is 3.84. The summed E-state index contributed by atoms with van der Waals surface area (Å²) in [7, 11) is -4.08. The molecule has 5 nitrogen and oxygen atoms in total. The van der Waals surface area contributed by atoms with E-state index in [1.165, 1.54) is 6.07 Å². The summed E-state index contributed by atoms with van der Waals surface area (Å²) in [6.07, 6.45) is 4.05. The minimum Gasteiger partial charge on any atom is -0.382 e. The highest BCUT2D eigenvalue weighted by Crippen LogP contribution is 2.64. The van der Waals surface area contributed by atoms with E-state index >= 15 is 0 Å². The van der Waals surface area contributed by atoms with Crippen LogP contribution in [0.25, 0.3) is 0 Å². The zero-order chi connectivity index (χ0) is 20.0. The average Bonchev–Trinajstić information content (AvgIpc) is 2.88. The molecule has 0 saturated heterocycles. The first-order chi connectivity index (χ1) is 12.4. The van der Waals surface area contributed by atoms with E-state index in [0.717, 1.165) is 30.5 Å². The molecule has 1 aromatic carbocycles. The van der Waals surface area contributed by atoms with Crippen molar-refractivity contribution in [3.05, 3.63) is 29.6 Å². The minimum absolute atomic E-state index is 0.0152. The molecular formula is C20H28FNO4S. The molecule has 150 valence electrons. The van der Waals surface area contributed by atoms with Crippen molar-refractivity contribution in [1.29, 1.82) is 0 Å². The Kier molecular flexibility index (Phi) is 5.14. The van der Waals surface area contributed by atoms with Crippen molar-refractivity contribution in [2.45, 2.75) is 58.9 Å². The number of aryl methyl sites for hydroxylation is 1. The van der Waals surface area contributed by atoms with Gasteiger partial charge in [-0.15, -0.1) is 0 Å². The number of anilines is 1.